The molecule has 0 bridgehead atoms. The maximum absolute atomic E-state index is 12.0. The summed E-state index contributed by atoms with van der Waals surface area (Å²) in [7, 11) is 0. The highest BCUT2D eigenvalue weighted by Crippen LogP contribution is 2.42. The molecule has 5 heteroatoms. The van der Waals surface area contributed by atoms with Gasteiger partial charge in [0.1, 0.15) is 5.41 Å². The van der Waals surface area contributed by atoms with Crippen molar-refractivity contribution in [3.63, 3.8) is 0 Å². The molecule has 1 amide bonds. The molecule has 0 unspecified atom stereocenters. The van der Waals surface area contributed by atoms with Crippen LogP contribution in [0.3, 0.4) is 0 Å². The fourth-order valence-corrected chi connectivity index (χ4v) is 2.12. The van der Waals surface area contributed by atoms with Crippen LogP contribution in [0.2, 0.25) is 0 Å². The second-order valence-electron chi connectivity index (χ2n) is 4.73. The molecule has 0 atom stereocenters. The molecule has 1 aromatic carbocycles. The number of amides is 1. The van der Waals surface area contributed by atoms with Gasteiger partial charge in [-0.15, -0.1) is 0 Å². The zero-order valence-corrected chi connectivity index (χ0v) is 10.3. The lowest BCUT2D eigenvalue weighted by molar-refractivity contribution is -0.159. The Bertz CT molecular complexity index is 539. The van der Waals surface area contributed by atoms with Crippen molar-refractivity contribution in [2.45, 2.75) is 25.7 Å². The van der Waals surface area contributed by atoms with Crippen LogP contribution in [0.5, 0.6) is 0 Å². The van der Waals surface area contributed by atoms with Gasteiger partial charge in [-0.3, -0.25) is 9.59 Å². The Labute approximate surface area is 110 Å². The van der Waals surface area contributed by atoms with Crippen molar-refractivity contribution in [1.29, 1.82) is 5.26 Å². The van der Waals surface area contributed by atoms with Crippen LogP contribution in [-0.4, -0.2) is 17.0 Å². The summed E-state index contributed by atoms with van der Waals surface area (Å²) in [5.41, 5.74) is 0.155. The predicted octanol–water partition coefficient (Wildman–Crippen LogP) is 1.95. The minimum Gasteiger partial charge on any atom is -0.480 e. The van der Waals surface area contributed by atoms with Crippen molar-refractivity contribution in [2.24, 2.45) is 5.41 Å². The number of carboxylic acids is 1. The van der Waals surface area contributed by atoms with Crippen molar-refractivity contribution < 1.29 is 14.7 Å². The first kappa shape index (κ1) is 13.1. The van der Waals surface area contributed by atoms with Crippen molar-refractivity contribution in [3.05, 3.63) is 29.8 Å². The molecule has 1 aliphatic rings. The molecular weight excluding hydrogens is 244 g/mol. The van der Waals surface area contributed by atoms with Gasteiger partial charge in [0.05, 0.1) is 12.5 Å². The van der Waals surface area contributed by atoms with Gasteiger partial charge in [0.25, 0.3) is 0 Å². The molecule has 1 saturated carbocycles. The summed E-state index contributed by atoms with van der Waals surface area (Å²) < 4.78 is 0. The molecule has 19 heavy (non-hydrogen) atoms. The summed E-state index contributed by atoms with van der Waals surface area (Å²) in [6.07, 6.45) is 1.86. The molecule has 0 radical (unpaired) electrons. The fraction of sp³-hybridized carbons (Fsp3) is 0.357. The Balaban J connectivity index is 2.07. The largest absolute Gasteiger partial charge is 0.480 e. The van der Waals surface area contributed by atoms with Gasteiger partial charge >= 0.3 is 5.97 Å². The maximum atomic E-state index is 12.0. The number of benzene rings is 1. The summed E-state index contributed by atoms with van der Waals surface area (Å²) >= 11 is 0. The SMILES string of the molecule is N#CCc1ccc(NC(=O)C2(C(=O)O)CCC2)cc1. The number of carbonyl (C=O) groups is 2. The Morgan fingerprint density at radius 2 is 1.95 bits per heavy atom. The Hall–Kier alpha value is -2.35. The van der Waals surface area contributed by atoms with Crippen molar-refractivity contribution in [2.75, 3.05) is 5.32 Å². The zero-order chi connectivity index (χ0) is 13.9. The lowest BCUT2D eigenvalue weighted by atomic mass is 9.68. The first-order chi connectivity index (χ1) is 9.08. The predicted molar refractivity (Wildman–Crippen MR) is 68.3 cm³/mol. The average molecular weight is 258 g/mol. The Morgan fingerprint density at radius 3 is 2.37 bits per heavy atom. The first-order valence-electron chi connectivity index (χ1n) is 6.09. The molecule has 0 heterocycles. The van der Waals surface area contributed by atoms with E-state index in [1.807, 2.05) is 6.07 Å². The molecule has 1 aliphatic carbocycles. The minimum atomic E-state index is -1.26. The van der Waals surface area contributed by atoms with Gasteiger partial charge < -0.3 is 10.4 Å². The van der Waals surface area contributed by atoms with E-state index in [1.165, 1.54) is 0 Å². The molecule has 5 nitrogen and oxygen atoms in total. The monoisotopic (exact) mass is 258 g/mol. The van der Waals surface area contributed by atoms with E-state index in [0.717, 1.165) is 12.0 Å². The lowest BCUT2D eigenvalue weighted by Gasteiger charge is -2.35. The van der Waals surface area contributed by atoms with Crippen molar-refractivity contribution >= 4 is 17.6 Å². The number of nitrogens with one attached hydrogen (secondary N) is 1. The van der Waals surface area contributed by atoms with Gasteiger partial charge in [0.15, 0.2) is 0 Å². The smallest absolute Gasteiger partial charge is 0.319 e. The van der Waals surface area contributed by atoms with Gasteiger partial charge in [-0.1, -0.05) is 18.6 Å². The Kier molecular flexibility index (Phi) is 3.52. The highest BCUT2D eigenvalue weighted by molar-refractivity contribution is 6.09. The molecule has 0 saturated heterocycles. The number of anilines is 1. The van der Waals surface area contributed by atoms with Crippen LogP contribution in [0.4, 0.5) is 5.69 Å². The molecule has 0 aliphatic heterocycles. The van der Waals surface area contributed by atoms with Crippen LogP contribution >= 0.6 is 0 Å². The molecule has 0 aromatic heterocycles. The summed E-state index contributed by atoms with van der Waals surface area (Å²) in [4.78, 5) is 23.2. The number of carbonyl (C=O) groups excluding carboxylic acids is 1. The second-order valence-corrected chi connectivity index (χ2v) is 4.73. The standard InChI is InChI=1S/C14H14N2O3/c15-9-6-10-2-4-11(5-3-10)16-12(17)14(13(18)19)7-1-8-14/h2-5H,1,6-8H2,(H,16,17)(H,18,19). The van der Waals surface area contributed by atoms with Gasteiger partial charge in [0, 0.05) is 5.69 Å². The topological polar surface area (TPSA) is 90.2 Å². The van der Waals surface area contributed by atoms with E-state index in [9.17, 15) is 9.59 Å². The van der Waals surface area contributed by atoms with Crippen LogP contribution in [0.15, 0.2) is 24.3 Å². The summed E-state index contributed by atoms with van der Waals surface area (Å²) in [5.74, 6) is -1.52. The Morgan fingerprint density at radius 1 is 1.32 bits per heavy atom. The normalized spacial score (nSPS) is 15.9. The number of nitrogens with zero attached hydrogens (tertiary/aromatic N) is 1. The molecule has 2 N–H and O–H groups in total. The zero-order valence-electron chi connectivity index (χ0n) is 10.3. The van der Waals surface area contributed by atoms with Gasteiger partial charge in [0.2, 0.25) is 5.91 Å². The van der Waals surface area contributed by atoms with E-state index in [1.54, 1.807) is 24.3 Å². The molecule has 98 valence electrons. The quantitative estimate of drug-likeness (QED) is 0.807. The highest BCUT2D eigenvalue weighted by Gasteiger charge is 2.51. The number of hydrogen-bond donors (Lipinski definition) is 2. The highest BCUT2D eigenvalue weighted by atomic mass is 16.4. The van der Waals surface area contributed by atoms with Crippen LogP contribution in [0.25, 0.3) is 0 Å². The van der Waals surface area contributed by atoms with Gasteiger partial charge in [-0.2, -0.15) is 5.26 Å². The number of nitriles is 1. The van der Waals surface area contributed by atoms with Gasteiger partial charge in [-0.25, -0.2) is 0 Å². The van der Waals surface area contributed by atoms with Crippen LogP contribution in [-0.2, 0) is 16.0 Å². The number of rotatable bonds is 4. The molecule has 2 rings (SSSR count). The number of carboxylic acid groups (broad SMARTS) is 1. The lowest BCUT2D eigenvalue weighted by Crippen LogP contribution is -2.48. The van der Waals surface area contributed by atoms with Crippen LogP contribution in [0.1, 0.15) is 24.8 Å². The van der Waals surface area contributed by atoms with E-state index in [-0.39, 0.29) is 0 Å². The molecule has 1 aromatic rings. The van der Waals surface area contributed by atoms with Gasteiger partial charge in [-0.05, 0) is 30.5 Å². The molecule has 0 spiro atoms. The minimum absolute atomic E-state index is 0.313. The summed E-state index contributed by atoms with van der Waals surface area (Å²) in [6, 6.07) is 8.88. The third-order valence-corrected chi connectivity index (χ3v) is 3.55. The summed E-state index contributed by atoms with van der Waals surface area (Å²) in [6.45, 7) is 0. The van der Waals surface area contributed by atoms with Crippen LogP contribution < -0.4 is 5.32 Å². The van der Waals surface area contributed by atoms with E-state index < -0.39 is 17.3 Å². The fourth-order valence-electron chi connectivity index (χ4n) is 2.12. The molecule has 1 fully saturated rings. The van der Waals surface area contributed by atoms with Crippen LogP contribution in [0, 0.1) is 16.7 Å². The van der Waals surface area contributed by atoms with E-state index >= 15 is 0 Å². The third-order valence-electron chi connectivity index (χ3n) is 3.55. The first-order valence-corrected chi connectivity index (χ1v) is 6.09. The van der Waals surface area contributed by atoms with Crippen molar-refractivity contribution in [3.8, 4) is 6.07 Å². The second kappa shape index (κ2) is 5.11. The number of hydrogen-bond acceptors (Lipinski definition) is 3. The number of aliphatic carboxylic acids is 1. The average Bonchev–Trinajstić information content (AvgIpc) is 2.30. The summed E-state index contributed by atoms with van der Waals surface area (Å²) in [5, 5.41) is 20.3. The molecular formula is C14H14N2O3. The maximum Gasteiger partial charge on any atom is 0.319 e. The van der Waals surface area contributed by atoms with E-state index in [2.05, 4.69) is 5.32 Å². The van der Waals surface area contributed by atoms with E-state index in [4.69, 9.17) is 10.4 Å². The third kappa shape index (κ3) is 2.43. The van der Waals surface area contributed by atoms with Crippen molar-refractivity contribution in [1.82, 2.24) is 0 Å². The van der Waals surface area contributed by atoms with E-state index in [0.29, 0.717) is 24.9 Å².